The molecule has 0 saturated heterocycles. The first kappa shape index (κ1) is 48.6. The molecule has 0 aliphatic heterocycles. The van der Waals surface area contributed by atoms with Gasteiger partial charge in [-0.25, -0.2) is 12.5 Å². The standard InChI is InChI=1S/C37H73N2O8P.BH4PS/c1-5-6-7-8-9-10-11-12-13-16-19-22-25-28-35(40)34(33-47-48(44,45)46-32-31-39(2,3)4)38-36(41)29-26-23-20-17-14-15-18-21-24-27-30-37(42)43;2-1-3/h25,28,34-35,40H,5-24,26-27,29-33H2,1-4H3,(H2-,38,41,42,43,44,45);1,3H,2H2/b28-25+;/i40T;1D. The van der Waals surface area contributed by atoms with Gasteiger partial charge in [0.05, 0.1) is 39.9 Å². The Labute approximate surface area is 323 Å². The Morgan fingerprint density at radius 1 is 0.902 bits per heavy atom. The van der Waals surface area contributed by atoms with Crippen molar-refractivity contribution >= 4 is 47.5 Å². The maximum Gasteiger partial charge on any atom is 0.303 e. The predicted molar refractivity (Wildman–Crippen MR) is 219 cm³/mol. The number of phosphoric ester groups is 1. The lowest BCUT2D eigenvalue weighted by atomic mass is 10.0. The van der Waals surface area contributed by atoms with Crippen molar-refractivity contribution in [2.75, 3.05) is 40.9 Å². The van der Waals surface area contributed by atoms with Gasteiger partial charge in [0.15, 0.2) is 0 Å². The largest absolute Gasteiger partial charge is 0.756 e. The molecular formula is C37H77BN2O8P2S. The van der Waals surface area contributed by atoms with Gasteiger partial charge in [-0.15, -0.1) is 0 Å². The molecular weight excluding hydrogens is 705 g/mol. The van der Waals surface area contributed by atoms with Gasteiger partial charge in [0.2, 0.25) is 13.6 Å². The highest BCUT2D eigenvalue weighted by molar-refractivity contribution is 8.20. The van der Waals surface area contributed by atoms with Crippen molar-refractivity contribution in [3.05, 3.63) is 12.2 Å². The summed E-state index contributed by atoms with van der Waals surface area (Å²) < 4.78 is 37.3. The van der Waals surface area contributed by atoms with Crippen LogP contribution in [0.4, 0.5) is 0 Å². The summed E-state index contributed by atoms with van der Waals surface area (Å²) in [5, 5.41) is 16.5. The number of aliphatic hydroxyl groups is 1. The van der Waals surface area contributed by atoms with Gasteiger partial charge >= 0.3 is 5.97 Å². The first-order valence-corrected chi connectivity index (χ1v) is 22.3. The van der Waals surface area contributed by atoms with E-state index in [1.165, 1.54) is 57.8 Å². The highest BCUT2D eigenvalue weighted by atomic mass is 32.1. The van der Waals surface area contributed by atoms with E-state index in [-0.39, 0.29) is 31.8 Å². The summed E-state index contributed by atoms with van der Waals surface area (Å²) in [6.45, 7) is 2.31. The van der Waals surface area contributed by atoms with Crippen molar-refractivity contribution in [2.45, 2.75) is 173 Å². The molecule has 0 spiro atoms. The third-order valence-electron chi connectivity index (χ3n) is 8.51. The van der Waals surface area contributed by atoms with Crippen molar-refractivity contribution < 1.29 is 42.8 Å². The number of aliphatic carboxylic acids is 1. The van der Waals surface area contributed by atoms with Crippen LogP contribution in [-0.2, 0) is 23.2 Å². The zero-order chi connectivity index (χ0) is 40.2. The normalized spacial score (nSPS) is 14.6. The fraction of sp³-hybridized carbons (Fsp3) is 0.892. The number of carbonyl (C=O) groups is 2. The van der Waals surface area contributed by atoms with Crippen molar-refractivity contribution in [1.29, 1.82) is 2.77 Å². The highest BCUT2D eigenvalue weighted by Gasteiger charge is 2.23. The molecule has 14 heteroatoms. The second-order valence-corrected chi connectivity index (χ2v) is 17.2. The summed E-state index contributed by atoms with van der Waals surface area (Å²) in [5.41, 5.74) is 0. The lowest BCUT2D eigenvalue weighted by Gasteiger charge is -2.29. The van der Waals surface area contributed by atoms with Crippen molar-refractivity contribution in [2.24, 2.45) is 0 Å². The number of nitrogens with one attached hydrogen (secondary N) is 1. The summed E-state index contributed by atoms with van der Waals surface area (Å²) >= 11 is 3.60. The number of hydrogen-bond acceptors (Lipinski definition) is 8. The molecule has 0 aliphatic rings. The smallest absolute Gasteiger partial charge is 0.303 e. The Balaban J connectivity index is 0. The SMILES string of the molecule is [2H]B(P)S.[3H]OC(/C=C/CCCCCCCCCCCCC)C(COP(=O)([O-])OCC[N+](C)(C)C)NC(=O)CCCCCCCCCCCCC(=O)O. The minimum Gasteiger partial charge on any atom is -0.756 e. The molecule has 1 amide bonds. The molecule has 0 aromatic rings. The molecule has 0 aromatic carbocycles. The van der Waals surface area contributed by atoms with E-state index < -0.39 is 25.9 Å². The van der Waals surface area contributed by atoms with E-state index in [0.29, 0.717) is 23.9 Å². The van der Waals surface area contributed by atoms with Gasteiger partial charge in [-0.2, -0.15) is 9.12 Å². The number of phosphoric acid groups is 1. The number of carboxylic acid groups (broad SMARTS) is 1. The number of amides is 1. The predicted octanol–water partition coefficient (Wildman–Crippen LogP) is 8.12. The van der Waals surface area contributed by atoms with Crippen molar-refractivity contribution in [3.8, 4) is 0 Å². The van der Waals surface area contributed by atoms with Crippen LogP contribution >= 0.6 is 29.4 Å². The van der Waals surface area contributed by atoms with Crippen LogP contribution in [0.3, 0.4) is 0 Å². The molecule has 3 N–H and O–H groups in total. The third kappa shape index (κ3) is 42.2. The maximum atomic E-state index is 12.8. The number of hydrogen-bond donors (Lipinski definition) is 4. The minimum absolute atomic E-state index is 0.0225. The van der Waals surface area contributed by atoms with E-state index in [9.17, 15) is 19.0 Å². The Morgan fingerprint density at radius 3 is 1.80 bits per heavy atom. The second kappa shape index (κ2) is 36.5. The van der Waals surface area contributed by atoms with Crippen LogP contribution in [0.5, 0.6) is 0 Å². The van der Waals surface area contributed by atoms with Gasteiger partial charge in [0.25, 0.3) is 7.82 Å². The lowest BCUT2D eigenvalue weighted by Crippen LogP contribution is -2.45. The number of thiol groups is 1. The monoisotopic (exact) mass is 786 g/mol. The zero-order valence-corrected chi connectivity index (χ0v) is 35.6. The van der Waals surface area contributed by atoms with Crippen LogP contribution in [0, 0.1) is 0 Å². The van der Waals surface area contributed by atoms with Gasteiger partial charge in [-0.3, -0.25) is 14.2 Å². The summed E-state index contributed by atoms with van der Waals surface area (Å²) in [6, 6.07) is -0.863. The van der Waals surface area contributed by atoms with E-state index >= 15 is 0 Å². The van der Waals surface area contributed by atoms with Crippen molar-refractivity contribution in [1.82, 2.24) is 5.32 Å². The number of carbonyl (C=O) groups excluding carboxylic acids is 1. The fourth-order valence-corrected chi connectivity index (χ4v) is 6.12. The summed E-state index contributed by atoms with van der Waals surface area (Å²) in [7, 11) is 3.37. The van der Waals surface area contributed by atoms with Crippen LogP contribution in [0.25, 0.3) is 0 Å². The maximum absolute atomic E-state index is 12.8. The summed E-state index contributed by atoms with van der Waals surface area (Å²) in [4.78, 5) is 35.9. The number of unbranched alkanes of at least 4 members (excludes halogenated alkanes) is 20. The first-order chi connectivity index (χ1) is 25.1. The average molecular weight is 786 g/mol. The molecule has 4 unspecified atom stereocenters. The molecule has 0 saturated carbocycles. The molecule has 0 heterocycles. The minimum atomic E-state index is -4.61. The molecule has 0 bridgehead atoms. The topological polar surface area (TPSA) is 145 Å². The van der Waals surface area contributed by atoms with Crippen LogP contribution in [0.2, 0.25) is 0 Å². The first-order valence-electron chi connectivity index (χ1n) is 20.7. The second-order valence-electron chi connectivity index (χ2n) is 14.6. The van der Waals surface area contributed by atoms with E-state index in [4.69, 9.17) is 22.0 Å². The Hall–Kier alpha value is -0.445. The number of allylic oxidation sites excluding steroid dienone is 1. The number of likely N-dealkylation sites (N-methyl/N-ethyl adjacent to an activating group) is 1. The molecule has 0 rings (SSSR count). The number of carboxylic acids is 1. The lowest BCUT2D eigenvalue weighted by molar-refractivity contribution is -0.870. The third-order valence-corrected chi connectivity index (χ3v) is 9.48. The fourth-order valence-electron chi connectivity index (χ4n) is 5.40. The molecule has 51 heavy (non-hydrogen) atoms. The Morgan fingerprint density at radius 2 is 1.35 bits per heavy atom. The number of rotatable bonds is 36. The van der Waals surface area contributed by atoms with Crippen LogP contribution in [-0.4, -0.2) is 88.6 Å². The molecule has 302 valence electrons. The van der Waals surface area contributed by atoms with Gasteiger partial charge < -0.3 is 34.0 Å². The molecule has 10 nitrogen and oxygen atoms in total. The molecule has 0 aromatic heterocycles. The van der Waals surface area contributed by atoms with Gasteiger partial charge in [0, 0.05) is 12.8 Å². The van der Waals surface area contributed by atoms with Crippen LogP contribution in [0.1, 0.15) is 161 Å². The molecule has 0 aliphatic carbocycles. The molecule has 4 atom stereocenters. The molecule has 0 radical (unpaired) electrons. The zero-order valence-electron chi connectivity index (χ0n) is 34.7. The van der Waals surface area contributed by atoms with Gasteiger partial charge in [-0.05, 0) is 27.0 Å². The van der Waals surface area contributed by atoms with E-state index in [1.807, 2.05) is 27.2 Å². The highest BCUT2D eigenvalue weighted by Crippen LogP contribution is 2.38. The number of aliphatic hydroxyl groups excluding tert-OH is 1. The van der Waals surface area contributed by atoms with E-state index in [0.717, 1.165) is 77.0 Å². The molecule has 0 fully saturated rings. The van der Waals surface area contributed by atoms with Crippen LogP contribution in [0.15, 0.2) is 12.2 Å². The van der Waals surface area contributed by atoms with E-state index in [2.05, 4.69) is 33.8 Å². The van der Waals surface area contributed by atoms with E-state index in [1.54, 1.807) is 6.08 Å². The van der Waals surface area contributed by atoms with Gasteiger partial charge in [0.1, 0.15) is 13.2 Å². The average Bonchev–Trinajstić information content (AvgIpc) is 3.06. The Kier molecular flexibility index (Phi) is 34.8. The number of quaternary nitrogens is 1. The van der Waals surface area contributed by atoms with Crippen molar-refractivity contribution in [3.63, 3.8) is 0 Å². The number of nitrogens with zero attached hydrogens (tertiary/aromatic N) is 1. The van der Waals surface area contributed by atoms with Crippen LogP contribution < -0.4 is 10.2 Å². The quantitative estimate of drug-likeness (QED) is 0.0125. The van der Waals surface area contributed by atoms with Gasteiger partial charge in [-0.1, -0.05) is 135 Å². The summed E-state index contributed by atoms with van der Waals surface area (Å²) in [6.07, 6.45) is 27.7. The Bertz CT molecular complexity index is 952. The summed E-state index contributed by atoms with van der Waals surface area (Å²) in [5.74, 6) is -0.962.